The minimum atomic E-state index is -0.408. The van der Waals surface area contributed by atoms with Gasteiger partial charge in [0, 0.05) is 6.54 Å². The summed E-state index contributed by atoms with van der Waals surface area (Å²) in [5, 5.41) is 2.71. The summed E-state index contributed by atoms with van der Waals surface area (Å²) in [4.78, 5) is 11.1. The highest BCUT2D eigenvalue weighted by atomic mass is 32.1. The third-order valence-corrected chi connectivity index (χ3v) is 1.82. The van der Waals surface area contributed by atoms with Crippen LogP contribution < -0.4 is 5.32 Å². The smallest absolute Gasteiger partial charge is 0.407 e. The van der Waals surface area contributed by atoms with Crippen LogP contribution >= 0.6 is 12.6 Å². The van der Waals surface area contributed by atoms with Crippen molar-refractivity contribution in [3.8, 4) is 0 Å². The van der Waals surface area contributed by atoms with Crippen molar-refractivity contribution in [3.63, 3.8) is 0 Å². The minimum absolute atomic E-state index is 0.330. The van der Waals surface area contributed by atoms with Gasteiger partial charge in [-0.2, -0.15) is 12.6 Å². The van der Waals surface area contributed by atoms with E-state index in [-0.39, 0.29) is 6.09 Å². The number of carbonyl (C=O) groups is 1. The van der Waals surface area contributed by atoms with Gasteiger partial charge in [0.05, 0.1) is 0 Å². The van der Waals surface area contributed by atoms with E-state index in [1.807, 2.05) is 20.8 Å². The Labute approximate surface area is 92.0 Å². The third kappa shape index (κ3) is 9.71. The average Bonchev–Trinajstić information content (AvgIpc) is 2.00. The Morgan fingerprint density at radius 3 is 2.43 bits per heavy atom. The van der Waals surface area contributed by atoms with Gasteiger partial charge in [-0.25, -0.2) is 4.79 Å². The highest BCUT2D eigenvalue weighted by Crippen LogP contribution is 2.06. The molecule has 0 unspecified atom stereocenters. The number of ether oxygens (including phenoxy) is 1. The predicted molar refractivity (Wildman–Crippen MR) is 61.9 cm³/mol. The largest absolute Gasteiger partial charge is 0.444 e. The molecule has 0 aliphatic heterocycles. The topological polar surface area (TPSA) is 38.3 Å². The van der Waals surface area contributed by atoms with Crippen LogP contribution in [0.15, 0.2) is 0 Å². The van der Waals surface area contributed by atoms with Crippen molar-refractivity contribution in [1.82, 2.24) is 5.32 Å². The van der Waals surface area contributed by atoms with Gasteiger partial charge >= 0.3 is 6.09 Å². The molecule has 4 heteroatoms. The highest BCUT2D eigenvalue weighted by Gasteiger charge is 2.15. The molecule has 14 heavy (non-hydrogen) atoms. The van der Waals surface area contributed by atoms with Gasteiger partial charge in [-0.3, -0.25) is 0 Å². The van der Waals surface area contributed by atoms with Crippen molar-refractivity contribution < 1.29 is 9.53 Å². The summed E-state index contributed by atoms with van der Waals surface area (Å²) in [5.41, 5.74) is -0.408. The summed E-state index contributed by atoms with van der Waals surface area (Å²) in [5.74, 6) is 0.909. The lowest BCUT2D eigenvalue weighted by molar-refractivity contribution is 0.0527. The molecule has 0 aliphatic carbocycles. The van der Waals surface area contributed by atoms with E-state index >= 15 is 0 Å². The molecule has 0 fully saturated rings. The van der Waals surface area contributed by atoms with Gasteiger partial charge in [0.2, 0.25) is 0 Å². The zero-order valence-electron chi connectivity index (χ0n) is 9.30. The van der Waals surface area contributed by atoms with Crippen LogP contribution in [-0.2, 0) is 4.74 Å². The van der Waals surface area contributed by atoms with Crippen LogP contribution in [0.2, 0.25) is 0 Å². The molecule has 1 amide bonds. The molecule has 0 radical (unpaired) electrons. The van der Waals surface area contributed by atoms with Crippen molar-refractivity contribution >= 4 is 18.7 Å². The second kappa shape index (κ2) is 6.98. The van der Waals surface area contributed by atoms with Gasteiger partial charge in [0.1, 0.15) is 5.60 Å². The molecule has 0 aliphatic rings. The maximum atomic E-state index is 11.1. The summed E-state index contributed by atoms with van der Waals surface area (Å²) >= 11 is 4.11. The molecule has 0 bridgehead atoms. The summed E-state index contributed by atoms with van der Waals surface area (Å²) in [7, 11) is 0. The van der Waals surface area contributed by atoms with E-state index in [0.29, 0.717) is 6.54 Å². The summed E-state index contributed by atoms with van der Waals surface area (Å²) in [6, 6.07) is 0. The van der Waals surface area contributed by atoms with E-state index < -0.39 is 5.60 Å². The molecule has 1 N–H and O–H groups in total. The molecular formula is C10H21NO2S. The molecule has 0 rings (SSSR count). The Morgan fingerprint density at radius 2 is 1.93 bits per heavy atom. The SMILES string of the molecule is CC(C)(C)OC(=O)NCCCCCS. The fourth-order valence-electron chi connectivity index (χ4n) is 0.918. The minimum Gasteiger partial charge on any atom is -0.444 e. The third-order valence-electron chi connectivity index (χ3n) is 1.50. The zero-order chi connectivity index (χ0) is 11.0. The van der Waals surface area contributed by atoms with Gasteiger partial charge in [-0.1, -0.05) is 6.42 Å². The summed E-state index contributed by atoms with van der Waals surface area (Å²) in [6.45, 7) is 6.25. The lowest BCUT2D eigenvalue weighted by Gasteiger charge is -2.19. The molecule has 0 atom stereocenters. The van der Waals surface area contributed by atoms with Crippen LogP contribution in [0.3, 0.4) is 0 Å². The summed E-state index contributed by atoms with van der Waals surface area (Å²) < 4.78 is 5.08. The normalized spacial score (nSPS) is 11.1. The van der Waals surface area contributed by atoms with E-state index in [4.69, 9.17) is 4.74 Å². The van der Waals surface area contributed by atoms with E-state index in [1.165, 1.54) is 0 Å². The van der Waals surface area contributed by atoms with E-state index in [0.717, 1.165) is 25.0 Å². The van der Waals surface area contributed by atoms with E-state index in [1.54, 1.807) is 0 Å². The van der Waals surface area contributed by atoms with Crippen LogP contribution in [0.5, 0.6) is 0 Å². The zero-order valence-corrected chi connectivity index (χ0v) is 10.2. The van der Waals surface area contributed by atoms with Crippen LogP contribution in [0.4, 0.5) is 4.79 Å². The van der Waals surface area contributed by atoms with Crippen molar-refractivity contribution in [1.29, 1.82) is 0 Å². The van der Waals surface area contributed by atoms with E-state index in [2.05, 4.69) is 17.9 Å². The molecule has 0 heterocycles. The Bertz CT molecular complexity index is 166. The number of hydrogen-bond acceptors (Lipinski definition) is 3. The summed E-state index contributed by atoms with van der Waals surface area (Å²) in [6.07, 6.45) is 2.85. The Morgan fingerprint density at radius 1 is 1.29 bits per heavy atom. The second-order valence-corrected chi connectivity index (χ2v) is 4.66. The first-order valence-electron chi connectivity index (χ1n) is 5.03. The standard InChI is InChI=1S/C10H21NO2S/c1-10(2,3)13-9(12)11-7-5-4-6-8-14/h14H,4-8H2,1-3H3,(H,11,12). The van der Waals surface area contributed by atoms with Crippen LogP contribution in [-0.4, -0.2) is 24.0 Å². The quantitative estimate of drug-likeness (QED) is 0.551. The number of thiol groups is 1. The molecule has 0 saturated heterocycles. The van der Waals surface area contributed by atoms with Gasteiger partial charge in [-0.15, -0.1) is 0 Å². The molecular weight excluding hydrogens is 198 g/mol. The molecule has 3 nitrogen and oxygen atoms in total. The Hall–Kier alpha value is -0.380. The molecule has 0 spiro atoms. The number of amides is 1. The maximum Gasteiger partial charge on any atom is 0.407 e. The van der Waals surface area contributed by atoms with Gasteiger partial charge in [-0.05, 0) is 39.4 Å². The van der Waals surface area contributed by atoms with Crippen molar-refractivity contribution in [2.24, 2.45) is 0 Å². The van der Waals surface area contributed by atoms with Gasteiger partial charge in [0.15, 0.2) is 0 Å². The van der Waals surface area contributed by atoms with Crippen molar-refractivity contribution in [2.75, 3.05) is 12.3 Å². The number of nitrogens with one attached hydrogen (secondary N) is 1. The second-order valence-electron chi connectivity index (χ2n) is 4.21. The monoisotopic (exact) mass is 219 g/mol. The van der Waals surface area contributed by atoms with Crippen LogP contribution in [0.1, 0.15) is 40.0 Å². The first-order chi connectivity index (χ1) is 6.45. The maximum absolute atomic E-state index is 11.1. The molecule has 0 saturated carbocycles. The van der Waals surface area contributed by atoms with Crippen LogP contribution in [0, 0.1) is 0 Å². The highest BCUT2D eigenvalue weighted by molar-refractivity contribution is 7.80. The number of unbranched alkanes of at least 4 members (excludes halogenated alkanes) is 2. The average molecular weight is 219 g/mol. The fourth-order valence-corrected chi connectivity index (χ4v) is 1.14. The molecule has 0 aromatic carbocycles. The van der Waals surface area contributed by atoms with Gasteiger partial charge < -0.3 is 10.1 Å². The van der Waals surface area contributed by atoms with Gasteiger partial charge in [0.25, 0.3) is 0 Å². The number of carbonyl (C=O) groups excluding carboxylic acids is 1. The number of alkyl carbamates (subject to hydrolysis) is 1. The number of rotatable bonds is 5. The first-order valence-corrected chi connectivity index (χ1v) is 5.66. The van der Waals surface area contributed by atoms with Crippen LogP contribution in [0.25, 0.3) is 0 Å². The predicted octanol–water partition coefficient (Wildman–Crippen LogP) is 2.61. The first kappa shape index (κ1) is 13.6. The molecule has 84 valence electrons. The lowest BCUT2D eigenvalue weighted by atomic mass is 10.2. The Kier molecular flexibility index (Phi) is 6.79. The number of hydrogen-bond donors (Lipinski definition) is 2. The lowest BCUT2D eigenvalue weighted by Crippen LogP contribution is -2.32. The molecule has 0 aromatic rings. The van der Waals surface area contributed by atoms with Crippen molar-refractivity contribution in [3.05, 3.63) is 0 Å². The Balaban J connectivity index is 3.36. The van der Waals surface area contributed by atoms with E-state index in [9.17, 15) is 4.79 Å². The molecule has 0 aromatic heterocycles. The fraction of sp³-hybridized carbons (Fsp3) is 0.900. The van der Waals surface area contributed by atoms with Crippen molar-refractivity contribution in [2.45, 2.75) is 45.6 Å².